The largest absolute Gasteiger partial charge is 0.336 e. The van der Waals surface area contributed by atoms with Crippen LogP contribution in [0.4, 0.5) is 0 Å². The van der Waals surface area contributed by atoms with Gasteiger partial charge in [-0.05, 0) is 43.5 Å². The van der Waals surface area contributed by atoms with E-state index in [1.807, 2.05) is 4.90 Å². The summed E-state index contributed by atoms with van der Waals surface area (Å²) in [5.74, 6) is -0.0283. The lowest BCUT2D eigenvalue weighted by molar-refractivity contribution is 0.0740. The Hall–Kier alpha value is -1.07. The summed E-state index contributed by atoms with van der Waals surface area (Å²) >= 11 is 0. The van der Waals surface area contributed by atoms with Gasteiger partial charge in [0.25, 0.3) is 15.0 Å². The van der Waals surface area contributed by atoms with E-state index in [-0.39, 0.29) is 10.8 Å². The van der Waals surface area contributed by atoms with E-state index in [1.165, 1.54) is 24.3 Å². The van der Waals surface area contributed by atoms with Crippen LogP contribution in [0, 0.1) is 0 Å². The van der Waals surface area contributed by atoms with Gasteiger partial charge in [0.15, 0.2) is 0 Å². The fourth-order valence-electron chi connectivity index (χ4n) is 2.09. The summed E-state index contributed by atoms with van der Waals surface area (Å²) in [7, 11) is 1.52. The first-order valence-electron chi connectivity index (χ1n) is 6.79. The van der Waals surface area contributed by atoms with Gasteiger partial charge in [0.05, 0.1) is 4.90 Å². The molecule has 1 aromatic rings. The van der Waals surface area contributed by atoms with Crippen LogP contribution in [0.3, 0.4) is 0 Å². The van der Waals surface area contributed by atoms with Gasteiger partial charge in [0, 0.05) is 28.8 Å². The van der Waals surface area contributed by atoms with Gasteiger partial charge < -0.3 is 4.90 Å². The number of unbranched alkanes of at least 4 members (excludes halogenated alkanes) is 1. The van der Waals surface area contributed by atoms with Crippen molar-refractivity contribution < 1.29 is 13.2 Å². The van der Waals surface area contributed by atoms with Gasteiger partial charge in [0.2, 0.25) is 0 Å². The Labute approximate surface area is 124 Å². The van der Waals surface area contributed by atoms with Gasteiger partial charge in [-0.2, -0.15) is 0 Å². The van der Waals surface area contributed by atoms with Crippen molar-refractivity contribution in [2.75, 3.05) is 6.54 Å². The average molecular weight is 316 g/mol. The number of halogens is 1. The molecule has 0 bridgehead atoms. The predicted molar refractivity (Wildman–Crippen MR) is 78.4 cm³/mol. The molecule has 1 aliphatic rings. The second kappa shape index (κ2) is 6.14. The standard InChI is InChI=1S/C14H18ClNO3S/c1-2-3-10-16(12-6-7-12)14(17)11-4-8-13(9-5-11)20(15,18)19/h4-5,8-9,12H,2-3,6-7,10H2,1H3. The van der Waals surface area contributed by atoms with Crippen LogP contribution in [0.15, 0.2) is 29.2 Å². The van der Waals surface area contributed by atoms with Crippen LogP contribution < -0.4 is 0 Å². The maximum Gasteiger partial charge on any atom is 0.261 e. The molecule has 20 heavy (non-hydrogen) atoms. The second-order valence-corrected chi connectivity index (χ2v) is 7.61. The highest BCUT2D eigenvalue weighted by atomic mass is 35.7. The van der Waals surface area contributed by atoms with Crippen LogP contribution in [0.5, 0.6) is 0 Å². The van der Waals surface area contributed by atoms with Crippen LogP contribution in [0.2, 0.25) is 0 Å². The van der Waals surface area contributed by atoms with Crippen LogP contribution in [0.25, 0.3) is 0 Å². The minimum absolute atomic E-state index is 0.0160. The Morgan fingerprint density at radius 1 is 1.30 bits per heavy atom. The minimum atomic E-state index is -3.74. The number of rotatable bonds is 6. The Morgan fingerprint density at radius 2 is 1.90 bits per heavy atom. The third-order valence-corrected chi connectivity index (χ3v) is 4.75. The van der Waals surface area contributed by atoms with Crippen molar-refractivity contribution in [3.05, 3.63) is 29.8 Å². The van der Waals surface area contributed by atoms with E-state index in [2.05, 4.69) is 6.92 Å². The molecule has 6 heteroatoms. The number of benzene rings is 1. The average Bonchev–Trinajstić information content (AvgIpc) is 3.23. The molecule has 0 unspecified atom stereocenters. The molecule has 4 nitrogen and oxygen atoms in total. The third kappa shape index (κ3) is 3.73. The van der Waals surface area contributed by atoms with Crippen LogP contribution in [-0.4, -0.2) is 31.8 Å². The summed E-state index contributed by atoms with van der Waals surface area (Å²) in [5, 5.41) is 0. The van der Waals surface area contributed by atoms with Crippen molar-refractivity contribution in [1.29, 1.82) is 0 Å². The van der Waals surface area contributed by atoms with Gasteiger partial charge in [0.1, 0.15) is 0 Å². The molecule has 0 heterocycles. The number of nitrogens with zero attached hydrogens (tertiary/aromatic N) is 1. The van der Waals surface area contributed by atoms with Gasteiger partial charge in [-0.25, -0.2) is 8.42 Å². The SMILES string of the molecule is CCCCN(C(=O)c1ccc(S(=O)(=O)Cl)cc1)C1CC1. The molecule has 0 spiro atoms. The van der Waals surface area contributed by atoms with Crippen LogP contribution in [-0.2, 0) is 9.05 Å². The molecule has 0 aliphatic heterocycles. The van der Waals surface area contributed by atoms with E-state index in [9.17, 15) is 13.2 Å². The lowest BCUT2D eigenvalue weighted by Crippen LogP contribution is -2.34. The zero-order valence-corrected chi connectivity index (χ0v) is 13.0. The fraction of sp³-hybridized carbons (Fsp3) is 0.500. The Bertz CT molecular complexity index is 579. The molecule has 1 aliphatic carbocycles. The molecular weight excluding hydrogens is 298 g/mol. The van der Waals surface area contributed by atoms with Crippen molar-refractivity contribution in [1.82, 2.24) is 4.90 Å². The van der Waals surface area contributed by atoms with Crippen molar-refractivity contribution in [2.24, 2.45) is 0 Å². The van der Waals surface area contributed by atoms with E-state index in [0.717, 1.165) is 32.2 Å². The van der Waals surface area contributed by atoms with Gasteiger partial charge in [-0.15, -0.1) is 0 Å². The molecule has 0 atom stereocenters. The normalized spacial score (nSPS) is 15.1. The molecule has 0 radical (unpaired) electrons. The van der Waals surface area contributed by atoms with E-state index in [1.54, 1.807) is 0 Å². The Morgan fingerprint density at radius 3 is 2.35 bits per heavy atom. The first kappa shape index (κ1) is 15.3. The molecule has 1 saturated carbocycles. The monoisotopic (exact) mass is 315 g/mol. The highest BCUT2D eigenvalue weighted by Crippen LogP contribution is 2.29. The van der Waals surface area contributed by atoms with Crippen molar-refractivity contribution >= 4 is 25.6 Å². The highest BCUT2D eigenvalue weighted by molar-refractivity contribution is 8.13. The third-order valence-electron chi connectivity index (χ3n) is 3.38. The maximum absolute atomic E-state index is 12.4. The first-order valence-corrected chi connectivity index (χ1v) is 9.10. The number of hydrogen-bond donors (Lipinski definition) is 0. The summed E-state index contributed by atoms with van der Waals surface area (Å²) < 4.78 is 22.4. The quantitative estimate of drug-likeness (QED) is 0.758. The van der Waals surface area contributed by atoms with Crippen LogP contribution in [0.1, 0.15) is 43.0 Å². The summed E-state index contributed by atoms with van der Waals surface area (Å²) in [4.78, 5) is 14.3. The van der Waals surface area contributed by atoms with Gasteiger partial charge in [-0.3, -0.25) is 4.79 Å². The minimum Gasteiger partial charge on any atom is -0.336 e. The van der Waals surface area contributed by atoms with Gasteiger partial charge >= 0.3 is 0 Å². The molecule has 2 rings (SSSR count). The molecule has 1 aromatic carbocycles. The number of carbonyl (C=O) groups is 1. The van der Waals surface area contributed by atoms with Crippen molar-refractivity contribution in [2.45, 2.75) is 43.5 Å². The summed E-state index contributed by atoms with van der Waals surface area (Å²) in [5.41, 5.74) is 0.511. The number of hydrogen-bond acceptors (Lipinski definition) is 3. The predicted octanol–water partition coefficient (Wildman–Crippen LogP) is 3.02. The number of amides is 1. The summed E-state index contributed by atoms with van der Waals surface area (Å²) in [6.07, 6.45) is 4.14. The lowest BCUT2D eigenvalue weighted by Gasteiger charge is -2.22. The second-order valence-electron chi connectivity index (χ2n) is 5.05. The van der Waals surface area contributed by atoms with Gasteiger partial charge in [-0.1, -0.05) is 13.3 Å². The van der Waals surface area contributed by atoms with E-state index in [0.29, 0.717) is 11.6 Å². The zero-order chi connectivity index (χ0) is 14.8. The molecule has 110 valence electrons. The Balaban J connectivity index is 2.15. The molecule has 0 saturated heterocycles. The molecular formula is C14H18ClNO3S. The first-order chi connectivity index (χ1) is 9.43. The molecule has 0 aromatic heterocycles. The lowest BCUT2D eigenvalue weighted by atomic mass is 10.2. The van der Waals surface area contributed by atoms with E-state index < -0.39 is 9.05 Å². The topological polar surface area (TPSA) is 54.5 Å². The molecule has 1 amide bonds. The Kier molecular flexibility index (Phi) is 4.70. The van der Waals surface area contributed by atoms with E-state index >= 15 is 0 Å². The molecule has 1 fully saturated rings. The van der Waals surface area contributed by atoms with Crippen molar-refractivity contribution in [3.8, 4) is 0 Å². The smallest absolute Gasteiger partial charge is 0.261 e. The molecule has 0 N–H and O–H groups in total. The van der Waals surface area contributed by atoms with Crippen molar-refractivity contribution in [3.63, 3.8) is 0 Å². The summed E-state index contributed by atoms with van der Waals surface area (Å²) in [6.45, 7) is 2.85. The maximum atomic E-state index is 12.4. The number of carbonyl (C=O) groups excluding carboxylic acids is 1. The fourth-order valence-corrected chi connectivity index (χ4v) is 2.86. The highest BCUT2D eigenvalue weighted by Gasteiger charge is 2.32. The van der Waals surface area contributed by atoms with Crippen LogP contribution >= 0.6 is 10.7 Å². The zero-order valence-electron chi connectivity index (χ0n) is 11.4. The van der Waals surface area contributed by atoms with E-state index in [4.69, 9.17) is 10.7 Å². The summed E-state index contributed by atoms with van der Waals surface area (Å²) in [6, 6.07) is 6.16.